The first-order valence-electron chi connectivity index (χ1n) is 2.82. The van der Waals surface area contributed by atoms with E-state index in [9.17, 15) is 4.79 Å². The summed E-state index contributed by atoms with van der Waals surface area (Å²) in [5.41, 5.74) is -0.325. The fraction of sp³-hybridized carbons (Fsp3) is 0.200. The predicted octanol–water partition coefficient (Wildman–Crippen LogP) is 0.678. The number of carbonyl (C=O) groups excluding carboxylic acids is 1. The van der Waals surface area contributed by atoms with E-state index in [0.717, 1.165) is 0 Å². The van der Waals surface area contributed by atoms with Crippen molar-refractivity contribution in [2.24, 2.45) is 0 Å². The number of aromatic nitrogens is 3. The van der Waals surface area contributed by atoms with Gasteiger partial charge in [-0.15, -0.1) is 10.2 Å². The molecule has 1 aromatic rings. The lowest BCUT2D eigenvalue weighted by Gasteiger charge is -1.96. The Labute approximate surface area is 77.2 Å². The van der Waals surface area contributed by atoms with Crippen molar-refractivity contribution in [2.45, 2.75) is 5.16 Å². The zero-order chi connectivity index (χ0) is 9.14. The van der Waals surface area contributed by atoms with Gasteiger partial charge in [-0.25, -0.2) is 0 Å². The number of aromatic hydroxyl groups is 1. The van der Waals surface area contributed by atoms with Gasteiger partial charge in [0, 0.05) is 0 Å². The van der Waals surface area contributed by atoms with Gasteiger partial charge in [0.05, 0.1) is 0 Å². The first kappa shape index (κ1) is 9.21. The summed E-state index contributed by atoms with van der Waals surface area (Å²) in [5, 5.41) is 15.4. The molecule has 0 saturated heterocycles. The zero-order valence-corrected chi connectivity index (χ0v) is 7.56. The zero-order valence-electron chi connectivity index (χ0n) is 5.98. The van der Waals surface area contributed by atoms with Gasteiger partial charge in [-0.05, 0) is 17.9 Å². The first-order valence-corrected chi connectivity index (χ1v) is 4.43. The lowest BCUT2D eigenvalue weighted by atomic mass is 10.5. The average Bonchev–Trinajstić information content (AvgIpc) is 2.03. The Morgan fingerprint density at radius 1 is 1.58 bits per heavy atom. The molecule has 7 heteroatoms. The van der Waals surface area contributed by atoms with Gasteiger partial charge in [-0.1, -0.05) is 11.8 Å². The monoisotopic (exact) mass is 205 g/mol. The molecular formula is C5H4ClN3O2S. The van der Waals surface area contributed by atoms with Gasteiger partial charge in [-0.3, -0.25) is 4.79 Å². The Morgan fingerprint density at radius 2 is 2.25 bits per heavy atom. The van der Waals surface area contributed by atoms with Crippen molar-refractivity contribution >= 4 is 28.6 Å². The Hall–Kier alpha value is -0.880. The highest BCUT2D eigenvalue weighted by Crippen LogP contribution is 2.15. The highest BCUT2D eigenvalue weighted by molar-refractivity contribution is 7.98. The second kappa shape index (κ2) is 3.68. The molecule has 0 aliphatic carbocycles. The van der Waals surface area contributed by atoms with Crippen molar-refractivity contribution in [2.75, 3.05) is 6.26 Å². The third-order valence-electron chi connectivity index (χ3n) is 1.02. The van der Waals surface area contributed by atoms with E-state index in [1.807, 2.05) is 0 Å². The van der Waals surface area contributed by atoms with Gasteiger partial charge in [-0.2, -0.15) is 4.98 Å². The third kappa shape index (κ3) is 1.83. The smallest absolute Gasteiger partial charge is 0.278 e. The van der Waals surface area contributed by atoms with Crippen molar-refractivity contribution in [1.29, 1.82) is 0 Å². The molecule has 1 N–H and O–H groups in total. The van der Waals surface area contributed by atoms with Gasteiger partial charge in [0.25, 0.3) is 5.24 Å². The topological polar surface area (TPSA) is 76.0 Å². The normalized spacial score (nSPS) is 9.83. The molecule has 0 unspecified atom stereocenters. The minimum absolute atomic E-state index is 0.286. The fourth-order valence-corrected chi connectivity index (χ4v) is 0.940. The summed E-state index contributed by atoms with van der Waals surface area (Å²) in [5.74, 6) is -0.491. The molecule has 0 spiro atoms. The van der Waals surface area contributed by atoms with Crippen LogP contribution in [0.3, 0.4) is 0 Å². The van der Waals surface area contributed by atoms with E-state index in [0.29, 0.717) is 0 Å². The van der Waals surface area contributed by atoms with Crippen LogP contribution >= 0.6 is 23.4 Å². The quantitative estimate of drug-likeness (QED) is 0.565. The summed E-state index contributed by atoms with van der Waals surface area (Å²) in [6.45, 7) is 0. The summed E-state index contributed by atoms with van der Waals surface area (Å²) in [7, 11) is 0. The van der Waals surface area contributed by atoms with Crippen LogP contribution in [0.25, 0.3) is 0 Å². The highest BCUT2D eigenvalue weighted by Gasteiger charge is 2.13. The van der Waals surface area contributed by atoms with E-state index in [-0.39, 0.29) is 10.9 Å². The Bertz CT molecular complexity index is 320. The number of carbonyl (C=O) groups is 1. The Kier molecular flexibility index (Phi) is 2.83. The molecule has 0 bridgehead atoms. The molecular weight excluding hydrogens is 202 g/mol. The largest absolute Gasteiger partial charge is 0.492 e. The second-order valence-electron chi connectivity index (χ2n) is 1.74. The molecule has 0 radical (unpaired) electrons. The summed E-state index contributed by atoms with van der Waals surface area (Å²) in [6.07, 6.45) is 1.72. The van der Waals surface area contributed by atoms with E-state index in [4.69, 9.17) is 16.7 Å². The molecule has 1 aromatic heterocycles. The van der Waals surface area contributed by atoms with Crippen LogP contribution in [0.5, 0.6) is 5.88 Å². The van der Waals surface area contributed by atoms with E-state index < -0.39 is 11.1 Å². The molecule has 0 saturated carbocycles. The van der Waals surface area contributed by atoms with Crippen LogP contribution in [-0.2, 0) is 0 Å². The SMILES string of the molecule is CSc1nnc(C(=O)Cl)c(O)n1. The van der Waals surface area contributed by atoms with Crippen LogP contribution in [0, 0.1) is 0 Å². The number of thioether (sulfide) groups is 1. The maximum Gasteiger partial charge on any atom is 0.278 e. The summed E-state index contributed by atoms with van der Waals surface area (Å²) in [4.78, 5) is 14.1. The minimum atomic E-state index is -0.875. The van der Waals surface area contributed by atoms with E-state index in [1.54, 1.807) is 6.26 Å². The third-order valence-corrected chi connectivity index (χ3v) is 1.73. The molecule has 0 fully saturated rings. The number of rotatable bonds is 2. The molecule has 0 aliphatic heterocycles. The predicted molar refractivity (Wildman–Crippen MR) is 43.5 cm³/mol. The van der Waals surface area contributed by atoms with Crippen LogP contribution in [0.15, 0.2) is 5.16 Å². The molecule has 1 rings (SSSR count). The highest BCUT2D eigenvalue weighted by atomic mass is 35.5. The summed E-state index contributed by atoms with van der Waals surface area (Å²) >= 11 is 6.26. The molecule has 0 aromatic carbocycles. The minimum Gasteiger partial charge on any atom is -0.492 e. The van der Waals surface area contributed by atoms with Crippen LogP contribution in [-0.4, -0.2) is 31.8 Å². The van der Waals surface area contributed by atoms with E-state index in [1.165, 1.54) is 11.8 Å². The summed E-state index contributed by atoms with van der Waals surface area (Å²) < 4.78 is 0. The lowest BCUT2D eigenvalue weighted by Crippen LogP contribution is -2.00. The number of nitrogens with zero attached hydrogens (tertiary/aromatic N) is 3. The fourth-order valence-electron chi connectivity index (χ4n) is 0.517. The van der Waals surface area contributed by atoms with Crippen molar-refractivity contribution in [1.82, 2.24) is 15.2 Å². The van der Waals surface area contributed by atoms with Crippen molar-refractivity contribution in [3.8, 4) is 5.88 Å². The van der Waals surface area contributed by atoms with Crippen LogP contribution in [0.1, 0.15) is 10.5 Å². The van der Waals surface area contributed by atoms with Gasteiger partial charge in [0.2, 0.25) is 16.7 Å². The van der Waals surface area contributed by atoms with Crippen molar-refractivity contribution < 1.29 is 9.90 Å². The molecule has 0 aliphatic rings. The molecule has 5 nitrogen and oxygen atoms in total. The maximum absolute atomic E-state index is 10.5. The van der Waals surface area contributed by atoms with Gasteiger partial charge >= 0.3 is 0 Å². The second-order valence-corrected chi connectivity index (χ2v) is 2.86. The molecule has 12 heavy (non-hydrogen) atoms. The summed E-state index contributed by atoms with van der Waals surface area (Å²) in [6, 6.07) is 0. The van der Waals surface area contributed by atoms with Gasteiger partial charge in [0.1, 0.15) is 0 Å². The molecule has 0 atom stereocenters. The Balaban J connectivity index is 3.12. The van der Waals surface area contributed by atoms with Crippen LogP contribution < -0.4 is 0 Å². The van der Waals surface area contributed by atoms with Crippen LogP contribution in [0.4, 0.5) is 0 Å². The molecule has 0 amide bonds. The van der Waals surface area contributed by atoms with E-state index in [2.05, 4.69) is 15.2 Å². The first-order chi connectivity index (χ1) is 5.65. The Morgan fingerprint density at radius 3 is 2.67 bits per heavy atom. The number of hydrogen-bond acceptors (Lipinski definition) is 6. The van der Waals surface area contributed by atoms with Crippen molar-refractivity contribution in [3.05, 3.63) is 5.69 Å². The van der Waals surface area contributed by atoms with E-state index >= 15 is 0 Å². The lowest BCUT2D eigenvalue weighted by molar-refractivity contribution is 0.107. The average molecular weight is 206 g/mol. The number of hydrogen-bond donors (Lipinski definition) is 1. The van der Waals surface area contributed by atoms with Gasteiger partial charge < -0.3 is 5.11 Å². The van der Waals surface area contributed by atoms with Crippen LogP contribution in [0.2, 0.25) is 0 Å². The standard InChI is InChI=1S/C5H4ClN3O2S/c1-12-5-7-4(11)2(3(6)10)8-9-5/h1H3,(H,7,9,11). The molecule has 64 valence electrons. The van der Waals surface area contributed by atoms with Crippen molar-refractivity contribution in [3.63, 3.8) is 0 Å². The number of halogens is 1. The molecule has 1 heterocycles. The van der Waals surface area contributed by atoms with Gasteiger partial charge in [0.15, 0.2) is 0 Å². The maximum atomic E-state index is 10.5.